The number of rotatable bonds is 5. The zero-order valence-electron chi connectivity index (χ0n) is 16.3. The van der Waals surface area contributed by atoms with Crippen molar-refractivity contribution in [3.8, 4) is 0 Å². The summed E-state index contributed by atoms with van der Waals surface area (Å²) in [5.74, 6) is -0.0737. The summed E-state index contributed by atoms with van der Waals surface area (Å²) in [5.41, 5.74) is 3.81. The average molecular weight is 389 g/mol. The van der Waals surface area contributed by atoms with Gasteiger partial charge in [-0.25, -0.2) is 0 Å². The summed E-state index contributed by atoms with van der Waals surface area (Å²) >= 11 is 0. The molecule has 1 aliphatic heterocycles. The Hall–Kier alpha value is -3.41. The Balaban J connectivity index is 1.38. The highest BCUT2D eigenvalue weighted by atomic mass is 16.2. The zero-order valence-corrected chi connectivity index (χ0v) is 16.3. The van der Waals surface area contributed by atoms with E-state index in [-0.39, 0.29) is 17.4 Å². The summed E-state index contributed by atoms with van der Waals surface area (Å²) in [7, 11) is 0. The summed E-state index contributed by atoms with van der Waals surface area (Å²) in [6, 6.07) is 14.8. The molecule has 2 N–H and O–H groups in total. The molecule has 0 aliphatic carbocycles. The number of benzene rings is 2. The first kappa shape index (κ1) is 18.9. The summed E-state index contributed by atoms with van der Waals surface area (Å²) < 4.78 is 0. The molecule has 29 heavy (non-hydrogen) atoms. The molecule has 2 amide bonds. The SMILES string of the molecule is Cc1ccc2[nH]c(=O)c(CCNC(=O)c3ccc(N4CCCC4=O)cc3)cc2c1. The fourth-order valence-electron chi connectivity index (χ4n) is 3.68. The predicted octanol–water partition coefficient (Wildman–Crippen LogP) is 2.94. The molecule has 0 bridgehead atoms. The standard InChI is InChI=1S/C23H23N3O3/c1-15-4-9-20-18(13-15)14-17(23(29)25-20)10-11-24-22(28)16-5-7-19(8-6-16)26-12-2-3-21(26)27/h4-9,13-14H,2-3,10-12H2,1H3,(H,24,28)(H,25,29). The summed E-state index contributed by atoms with van der Waals surface area (Å²) in [6.45, 7) is 3.10. The Labute approximate surface area is 168 Å². The van der Waals surface area contributed by atoms with Gasteiger partial charge in [-0.3, -0.25) is 14.4 Å². The molecule has 6 nitrogen and oxygen atoms in total. The van der Waals surface area contributed by atoms with Crippen molar-refractivity contribution in [2.24, 2.45) is 0 Å². The van der Waals surface area contributed by atoms with E-state index >= 15 is 0 Å². The first-order valence-corrected chi connectivity index (χ1v) is 9.82. The number of nitrogens with zero attached hydrogens (tertiary/aromatic N) is 1. The number of H-pyrrole nitrogens is 1. The predicted molar refractivity (Wildman–Crippen MR) is 113 cm³/mol. The minimum absolute atomic E-state index is 0.123. The van der Waals surface area contributed by atoms with Crippen molar-refractivity contribution >= 4 is 28.4 Å². The molecular formula is C23H23N3O3. The molecule has 1 fully saturated rings. The van der Waals surface area contributed by atoms with Crippen LogP contribution in [0.1, 0.15) is 34.3 Å². The molecule has 1 saturated heterocycles. The lowest BCUT2D eigenvalue weighted by molar-refractivity contribution is -0.117. The minimum Gasteiger partial charge on any atom is -0.352 e. The number of pyridine rings is 1. The van der Waals surface area contributed by atoms with Crippen molar-refractivity contribution in [1.29, 1.82) is 0 Å². The topological polar surface area (TPSA) is 82.3 Å². The molecule has 0 saturated carbocycles. The Morgan fingerprint density at radius 3 is 2.62 bits per heavy atom. The fraction of sp³-hybridized carbons (Fsp3) is 0.261. The molecule has 0 atom stereocenters. The van der Waals surface area contributed by atoms with E-state index < -0.39 is 0 Å². The molecule has 1 aromatic heterocycles. The molecule has 2 aromatic carbocycles. The van der Waals surface area contributed by atoms with Gasteiger partial charge < -0.3 is 15.2 Å². The molecule has 6 heteroatoms. The van der Waals surface area contributed by atoms with Crippen molar-refractivity contribution < 1.29 is 9.59 Å². The van der Waals surface area contributed by atoms with Crippen LogP contribution in [-0.4, -0.2) is 29.9 Å². The van der Waals surface area contributed by atoms with Gasteiger partial charge in [-0.2, -0.15) is 0 Å². The smallest absolute Gasteiger partial charge is 0.251 e. The minimum atomic E-state index is -0.197. The maximum atomic E-state index is 12.4. The van der Waals surface area contributed by atoms with Crippen LogP contribution >= 0.6 is 0 Å². The number of nitrogens with one attached hydrogen (secondary N) is 2. The van der Waals surface area contributed by atoms with E-state index in [1.807, 2.05) is 31.2 Å². The highest BCUT2D eigenvalue weighted by Gasteiger charge is 2.21. The second-order valence-corrected chi connectivity index (χ2v) is 7.42. The van der Waals surface area contributed by atoms with Gasteiger partial charge in [0.1, 0.15) is 0 Å². The van der Waals surface area contributed by atoms with Crippen LogP contribution in [0.25, 0.3) is 10.9 Å². The van der Waals surface area contributed by atoms with Crippen molar-refractivity contribution in [3.05, 3.63) is 75.6 Å². The number of anilines is 1. The first-order valence-electron chi connectivity index (χ1n) is 9.82. The van der Waals surface area contributed by atoms with Gasteiger partial charge in [0.05, 0.1) is 0 Å². The van der Waals surface area contributed by atoms with Crippen molar-refractivity contribution in [2.75, 3.05) is 18.0 Å². The number of carbonyl (C=O) groups excluding carboxylic acids is 2. The van der Waals surface area contributed by atoms with Crippen LogP contribution in [0, 0.1) is 6.92 Å². The normalized spacial score (nSPS) is 13.8. The van der Waals surface area contributed by atoms with Crippen molar-refractivity contribution in [2.45, 2.75) is 26.2 Å². The average Bonchev–Trinajstić information content (AvgIpc) is 3.14. The second kappa shape index (κ2) is 7.91. The Kier molecular flexibility index (Phi) is 5.16. The highest BCUT2D eigenvalue weighted by Crippen LogP contribution is 2.21. The molecule has 2 heterocycles. The van der Waals surface area contributed by atoms with E-state index in [1.54, 1.807) is 29.2 Å². The van der Waals surface area contributed by atoms with Gasteiger partial charge in [0.2, 0.25) is 5.91 Å². The first-order chi connectivity index (χ1) is 14.0. The largest absolute Gasteiger partial charge is 0.352 e. The van der Waals surface area contributed by atoms with Gasteiger partial charge in [-0.05, 0) is 67.6 Å². The number of fused-ring (bicyclic) bond motifs is 1. The number of aromatic nitrogens is 1. The lowest BCUT2D eigenvalue weighted by Gasteiger charge is -2.15. The monoisotopic (exact) mass is 389 g/mol. The molecule has 1 aliphatic rings. The second-order valence-electron chi connectivity index (χ2n) is 7.42. The fourth-order valence-corrected chi connectivity index (χ4v) is 3.68. The van der Waals surface area contributed by atoms with Crippen molar-refractivity contribution in [3.63, 3.8) is 0 Å². The lowest BCUT2D eigenvalue weighted by Crippen LogP contribution is -2.27. The third kappa shape index (κ3) is 4.06. The van der Waals surface area contributed by atoms with E-state index in [0.29, 0.717) is 30.5 Å². The van der Waals surface area contributed by atoms with Crippen LogP contribution in [0.4, 0.5) is 5.69 Å². The Morgan fingerprint density at radius 1 is 1.10 bits per heavy atom. The molecule has 0 unspecified atom stereocenters. The molecule has 148 valence electrons. The third-order valence-corrected chi connectivity index (χ3v) is 5.27. The molecule has 4 rings (SSSR count). The third-order valence-electron chi connectivity index (χ3n) is 5.27. The van der Waals surface area contributed by atoms with Gasteiger partial charge in [0.25, 0.3) is 11.5 Å². The summed E-state index contributed by atoms with van der Waals surface area (Å²) in [4.78, 5) is 41.1. The Bertz CT molecular complexity index is 1130. The van der Waals surface area contributed by atoms with Crippen molar-refractivity contribution in [1.82, 2.24) is 10.3 Å². The molecule has 0 radical (unpaired) electrons. The number of hydrogen-bond donors (Lipinski definition) is 2. The number of amides is 2. The van der Waals surface area contributed by atoms with Crippen LogP contribution < -0.4 is 15.8 Å². The van der Waals surface area contributed by atoms with E-state index in [9.17, 15) is 14.4 Å². The number of carbonyl (C=O) groups is 2. The molecule has 0 spiro atoms. The van der Waals surface area contributed by atoms with Gasteiger partial charge in [0.15, 0.2) is 0 Å². The Morgan fingerprint density at radius 2 is 1.90 bits per heavy atom. The summed E-state index contributed by atoms with van der Waals surface area (Å²) in [6.07, 6.45) is 1.90. The van der Waals surface area contributed by atoms with E-state index in [4.69, 9.17) is 0 Å². The van der Waals surface area contributed by atoms with Gasteiger partial charge in [-0.1, -0.05) is 11.6 Å². The number of hydrogen-bond acceptors (Lipinski definition) is 3. The summed E-state index contributed by atoms with van der Waals surface area (Å²) in [5, 5.41) is 3.84. The maximum Gasteiger partial charge on any atom is 0.251 e. The van der Waals surface area contributed by atoms with Gasteiger partial charge in [-0.15, -0.1) is 0 Å². The molecular weight excluding hydrogens is 366 g/mol. The quantitative estimate of drug-likeness (QED) is 0.704. The van der Waals surface area contributed by atoms with E-state index in [2.05, 4.69) is 10.3 Å². The van der Waals surface area contributed by atoms with Crippen LogP contribution in [0.15, 0.2) is 53.3 Å². The number of aryl methyl sites for hydroxylation is 1. The van der Waals surface area contributed by atoms with Gasteiger partial charge >= 0.3 is 0 Å². The molecule has 3 aromatic rings. The van der Waals surface area contributed by atoms with Crippen LogP contribution in [0.2, 0.25) is 0 Å². The van der Waals surface area contributed by atoms with Crippen LogP contribution in [0.5, 0.6) is 0 Å². The lowest BCUT2D eigenvalue weighted by atomic mass is 10.1. The highest BCUT2D eigenvalue weighted by molar-refractivity contribution is 5.97. The van der Waals surface area contributed by atoms with E-state index in [1.165, 1.54) is 0 Å². The van der Waals surface area contributed by atoms with Crippen LogP contribution in [-0.2, 0) is 11.2 Å². The van der Waals surface area contributed by atoms with E-state index in [0.717, 1.165) is 35.1 Å². The zero-order chi connectivity index (χ0) is 20.4. The maximum absolute atomic E-state index is 12.4. The number of aromatic amines is 1. The van der Waals surface area contributed by atoms with Gasteiger partial charge in [0, 0.05) is 41.8 Å². The van der Waals surface area contributed by atoms with Crippen LogP contribution in [0.3, 0.4) is 0 Å².